The lowest BCUT2D eigenvalue weighted by Crippen LogP contribution is -2.44. The summed E-state index contributed by atoms with van der Waals surface area (Å²) in [7, 11) is 1.98. The second-order valence-corrected chi connectivity index (χ2v) is 9.60. The topological polar surface area (TPSA) is 60.5 Å². The summed E-state index contributed by atoms with van der Waals surface area (Å²) in [5.74, 6) is 5.15. The van der Waals surface area contributed by atoms with Crippen molar-refractivity contribution in [2.45, 2.75) is 26.6 Å². The van der Waals surface area contributed by atoms with Gasteiger partial charge in [-0.3, -0.25) is 9.88 Å². The van der Waals surface area contributed by atoms with Crippen LogP contribution in [0.3, 0.4) is 0 Å². The highest BCUT2D eigenvalue weighted by atomic mass is 19.4. The van der Waals surface area contributed by atoms with Gasteiger partial charge in [-0.25, -0.2) is 9.18 Å². The fourth-order valence-corrected chi connectivity index (χ4v) is 4.14. The molecule has 0 bridgehead atoms. The van der Waals surface area contributed by atoms with Crippen molar-refractivity contribution < 1.29 is 22.4 Å². The van der Waals surface area contributed by atoms with Gasteiger partial charge in [-0.05, 0) is 68.4 Å². The number of alkyl halides is 3. The lowest BCUT2D eigenvalue weighted by molar-refractivity contribution is -0.138. The smallest absolute Gasteiger partial charge is 0.308 e. The molecule has 2 amide bonds. The Balaban J connectivity index is 1.46. The van der Waals surface area contributed by atoms with Gasteiger partial charge in [0.1, 0.15) is 5.82 Å². The molecule has 0 spiro atoms. The monoisotopic (exact) mass is 539 g/mol. The number of carbonyl (C=O) groups is 1. The first-order chi connectivity index (χ1) is 18.5. The largest absolute Gasteiger partial charge is 0.416 e. The van der Waals surface area contributed by atoms with Crippen molar-refractivity contribution in [3.8, 4) is 11.8 Å². The molecule has 1 saturated heterocycles. The van der Waals surface area contributed by atoms with Gasteiger partial charge in [-0.2, -0.15) is 13.2 Å². The number of amides is 2. The van der Waals surface area contributed by atoms with Crippen LogP contribution < -0.4 is 10.6 Å². The van der Waals surface area contributed by atoms with E-state index in [9.17, 15) is 22.4 Å². The number of carbonyl (C=O) groups excluding carboxylic acids is 1. The highest BCUT2D eigenvalue weighted by Gasteiger charge is 2.34. The molecule has 2 aromatic carbocycles. The van der Waals surface area contributed by atoms with Crippen LogP contribution in [0.15, 0.2) is 48.7 Å². The Labute approximate surface area is 225 Å². The summed E-state index contributed by atoms with van der Waals surface area (Å²) in [6.45, 7) is 6.89. The molecule has 204 valence electrons. The number of likely N-dealkylation sites (N-methyl/N-ethyl adjacent to an activating group) is 1. The highest BCUT2D eigenvalue weighted by Crippen LogP contribution is 2.34. The van der Waals surface area contributed by atoms with E-state index in [1.165, 1.54) is 24.3 Å². The Morgan fingerprint density at radius 2 is 1.69 bits per heavy atom. The van der Waals surface area contributed by atoms with Crippen molar-refractivity contribution in [1.29, 1.82) is 0 Å². The Hall–Kier alpha value is -3.94. The van der Waals surface area contributed by atoms with Gasteiger partial charge in [0.05, 0.1) is 11.3 Å². The maximum atomic E-state index is 14.4. The lowest BCUT2D eigenvalue weighted by atomic mass is 10.0. The molecule has 1 fully saturated rings. The van der Waals surface area contributed by atoms with Gasteiger partial charge in [0, 0.05) is 61.4 Å². The molecule has 10 heteroatoms. The Bertz CT molecular complexity index is 1420. The van der Waals surface area contributed by atoms with Crippen molar-refractivity contribution in [2.75, 3.05) is 43.9 Å². The number of benzene rings is 2. The van der Waals surface area contributed by atoms with Crippen LogP contribution in [0.4, 0.5) is 33.7 Å². The molecule has 2 N–H and O–H groups in total. The van der Waals surface area contributed by atoms with Crippen LogP contribution in [0.2, 0.25) is 0 Å². The number of nitrogens with zero attached hydrogens (tertiary/aromatic N) is 3. The first-order valence-corrected chi connectivity index (χ1v) is 12.4. The second kappa shape index (κ2) is 11.8. The minimum absolute atomic E-state index is 0.0550. The number of anilines is 2. The summed E-state index contributed by atoms with van der Waals surface area (Å²) in [6, 6.07) is 8.68. The van der Waals surface area contributed by atoms with Crippen molar-refractivity contribution >= 4 is 17.4 Å². The van der Waals surface area contributed by atoms with Gasteiger partial charge in [-0.1, -0.05) is 17.9 Å². The molecule has 6 nitrogen and oxygen atoms in total. The van der Waals surface area contributed by atoms with Crippen LogP contribution in [0.1, 0.15) is 33.5 Å². The average molecular weight is 540 g/mol. The maximum absolute atomic E-state index is 14.4. The van der Waals surface area contributed by atoms with Crippen LogP contribution >= 0.6 is 0 Å². The number of pyridine rings is 1. The summed E-state index contributed by atoms with van der Waals surface area (Å²) in [6.07, 6.45) is -2.96. The van der Waals surface area contributed by atoms with Crippen molar-refractivity contribution in [1.82, 2.24) is 14.8 Å². The molecule has 0 aliphatic carbocycles. The number of nitrogens with one attached hydrogen (secondary N) is 2. The van der Waals surface area contributed by atoms with Crippen LogP contribution in [0.25, 0.3) is 0 Å². The third kappa shape index (κ3) is 7.56. The zero-order chi connectivity index (χ0) is 28.2. The van der Waals surface area contributed by atoms with Crippen molar-refractivity contribution in [2.24, 2.45) is 0 Å². The second-order valence-electron chi connectivity index (χ2n) is 9.60. The van der Waals surface area contributed by atoms with E-state index in [0.717, 1.165) is 36.5 Å². The quantitative estimate of drug-likeness (QED) is 0.333. The van der Waals surface area contributed by atoms with Crippen LogP contribution in [-0.4, -0.2) is 54.0 Å². The number of halogens is 4. The van der Waals surface area contributed by atoms with E-state index in [1.54, 1.807) is 6.20 Å². The molecule has 3 aromatic rings. The van der Waals surface area contributed by atoms with Crippen LogP contribution in [0, 0.1) is 31.5 Å². The van der Waals surface area contributed by atoms with E-state index in [0.29, 0.717) is 24.2 Å². The minimum atomic E-state index is -4.60. The number of urea groups is 1. The predicted octanol–water partition coefficient (Wildman–Crippen LogP) is 5.65. The fraction of sp³-hybridized carbons (Fsp3) is 0.310. The first-order valence-electron chi connectivity index (χ1n) is 12.4. The van der Waals surface area contributed by atoms with Crippen LogP contribution in [0.5, 0.6) is 0 Å². The molecule has 1 aromatic heterocycles. The third-order valence-corrected chi connectivity index (χ3v) is 6.57. The van der Waals surface area contributed by atoms with E-state index in [2.05, 4.69) is 32.4 Å². The van der Waals surface area contributed by atoms with Gasteiger partial charge < -0.3 is 15.5 Å². The zero-order valence-corrected chi connectivity index (χ0v) is 21.9. The van der Waals surface area contributed by atoms with Crippen LogP contribution in [-0.2, 0) is 12.7 Å². The van der Waals surface area contributed by atoms with E-state index < -0.39 is 23.6 Å². The van der Waals surface area contributed by atoms with Gasteiger partial charge in [-0.15, -0.1) is 0 Å². The average Bonchev–Trinajstić information content (AvgIpc) is 2.88. The lowest BCUT2D eigenvalue weighted by Gasteiger charge is -2.33. The third-order valence-electron chi connectivity index (χ3n) is 6.57. The Morgan fingerprint density at radius 1 is 0.974 bits per heavy atom. The number of aromatic nitrogens is 1. The van der Waals surface area contributed by atoms with Gasteiger partial charge in [0.15, 0.2) is 0 Å². The fourth-order valence-electron chi connectivity index (χ4n) is 4.14. The molecule has 0 atom stereocenters. The molecule has 4 rings (SSSR count). The van der Waals surface area contributed by atoms with E-state index in [1.807, 2.05) is 31.9 Å². The number of hydrogen-bond acceptors (Lipinski definition) is 4. The Morgan fingerprint density at radius 3 is 2.38 bits per heavy atom. The van der Waals surface area contributed by atoms with E-state index >= 15 is 0 Å². The Kier molecular flexibility index (Phi) is 8.53. The molecule has 0 saturated carbocycles. The first kappa shape index (κ1) is 28.1. The SMILES string of the molecule is Cc1cc(C#Cc2ccc(F)c(NC(=O)Nc3ccc(CN4CCN(C)CC4)c(C(F)(F)F)c3)c2)cnc1C. The molecular formula is C29H29F4N5O. The summed E-state index contributed by atoms with van der Waals surface area (Å²) in [5.41, 5.74) is 2.12. The highest BCUT2D eigenvalue weighted by molar-refractivity contribution is 6.00. The molecule has 0 unspecified atom stereocenters. The number of rotatable bonds is 4. The molecule has 0 radical (unpaired) electrons. The number of aryl methyl sites for hydroxylation is 2. The van der Waals surface area contributed by atoms with Gasteiger partial charge in [0.2, 0.25) is 0 Å². The minimum Gasteiger partial charge on any atom is -0.308 e. The molecule has 1 aliphatic rings. The summed E-state index contributed by atoms with van der Waals surface area (Å²) in [5, 5.41) is 4.73. The van der Waals surface area contributed by atoms with E-state index in [4.69, 9.17) is 0 Å². The predicted molar refractivity (Wildman–Crippen MR) is 143 cm³/mol. The molecular weight excluding hydrogens is 510 g/mol. The standard InChI is InChI=1S/C29H29F4N5O/c1-19-14-22(17-34-20(19)2)5-4-21-6-9-26(30)27(15-21)36-28(39)35-24-8-7-23(25(16-24)29(31,32)33)18-38-12-10-37(3)11-13-38/h6-9,14-17H,10-13,18H2,1-3H3,(H2,35,36,39). The normalized spacial score (nSPS) is 14.4. The van der Waals surface area contributed by atoms with Gasteiger partial charge in [0.25, 0.3) is 0 Å². The summed E-state index contributed by atoms with van der Waals surface area (Å²) in [4.78, 5) is 20.9. The van der Waals surface area contributed by atoms with Gasteiger partial charge >= 0.3 is 12.2 Å². The molecule has 2 heterocycles. The van der Waals surface area contributed by atoms with Crippen molar-refractivity contribution in [3.63, 3.8) is 0 Å². The summed E-state index contributed by atoms with van der Waals surface area (Å²) < 4.78 is 55.9. The molecule has 1 aliphatic heterocycles. The number of piperazine rings is 1. The van der Waals surface area contributed by atoms with Crippen molar-refractivity contribution in [3.05, 3.63) is 88.0 Å². The maximum Gasteiger partial charge on any atom is 0.416 e. The number of hydrogen-bond donors (Lipinski definition) is 2. The molecule has 39 heavy (non-hydrogen) atoms. The van der Waals surface area contributed by atoms with E-state index in [-0.39, 0.29) is 23.5 Å². The summed E-state index contributed by atoms with van der Waals surface area (Å²) >= 11 is 0. The zero-order valence-electron chi connectivity index (χ0n) is 21.9.